The van der Waals surface area contributed by atoms with Gasteiger partial charge in [-0.25, -0.2) is 14.3 Å². The summed E-state index contributed by atoms with van der Waals surface area (Å²) in [6, 6.07) is 14.9. The van der Waals surface area contributed by atoms with E-state index in [-0.39, 0.29) is 17.4 Å². The van der Waals surface area contributed by atoms with Gasteiger partial charge in [0.25, 0.3) is 11.5 Å². The van der Waals surface area contributed by atoms with Gasteiger partial charge in [-0.15, -0.1) is 0 Å². The first-order chi connectivity index (χ1) is 17.9. The highest BCUT2D eigenvalue weighted by atomic mass is 16.2. The fourth-order valence-corrected chi connectivity index (χ4v) is 4.07. The second-order valence-electron chi connectivity index (χ2n) is 8.77. The molecule has 0 fully saturated rings. The first-order valence-corrected chi connectivity index (χ1v) is 12.5. The van der Waals surface area contributed by atoms with Gasteiger partial charge in [-0.3, -0.25) is 14.4 Å². The molecular weight excluding hydrogens is 472 g/mol. The number of nitrogens with zero attached hydrogens (tertiary/aromatic N) is 4. The van der Waals surface area contributed by atoms with Crippen LogP contribution >= 0.6 is 0 Å². The minimum Gasteiger partial charge on any atom is -0.355 e. The third kappa shape index (κ3) is 5.74. The number of rotatable bonds is 10. The molecule has 2 N–H and O–H groups in total. The van der Waals surface area contributed by atoms with E-state index in [0.29, 0.717) is 42.7 Å². The Morgan fingerprint density at radius 3 is 2.35 bits per heavy atom. The van der Waals surface area contributed by atoms with Gasteiger partial charge in [0, 0.05) is 25.2 Å². The molecule has 2 amide bonds. The quantitative estimate of drug-likeness (QED) is 0.319. The molecule has 0 unspecified atom stereocenters. The summed E-state index contributed by atoms with van der Waals surface area (Å²) in [7, 11) is 0. The van der Waals surface area contributed by atoms with Crippen LogP contribution in [0.2, 0.25) is 0 Å². The average molecular weight is 503 g/mol. The van der Waals surface area contributed by atoms with E-state index in [4.69, 9.17) is 0 Å². The molecule has 0 spiro atoms. The summed E-state index contributed by atoms with van der Waals surface area (Å²) in [6.07, 6.45) is 2.15. The van der Waals surface area contributed by atoms with E-state index >= 15 is 0 Å². The zero-order valence-corrected chi connectivity index (χ0v) is 21.0. The lowest BCUT2D eigenvalue weighted by atomic mass is 10.1. The number of nitrogens with one attached hydrogen (secondary N) is 2. The minimum absolute atomic E-state index is 0.0328. The van der Waals surface area contributed by atoms with Crippen LogP contribution < -0.4 is 21.9 Å². The Labute approximate surface area is 213 Å². The Morgan fingerprint density at radius 2 is 1.62 bits per heavy atom. The molecule has 2 aromatic carbocycles. The topological polar surface area (TPSA) is 128 Å². The Morgan fingerprint density at radius 1 is 0.892 bits per heavy atom. The largest absolute Gasteiger partial charge is 0.355 e. The predicted molar refractivity (Wildman–Crippen MR) is 141 cm³/mol. The van der Waals surface area contributed by atoms with Gasteiger partial charge >= 0.3 is 5.69 Å². The molecule has 192 valence electrons. The second-order valence-corrected chi connectivity index (χ2v) is 8.77. The maximum Gasteiger partial charge on any atom is 0.353 e. The lowest BCUT2D eigenvalue weighted by Crippen LogP contribution is -2.43. The number of hydrogen-bond donors (Lipinski definition) is 2. The molecule has 2 heterocycles. The molecule has 0 saturated carbocycles. The molecule has 2 aromatic rings. The van der Waals surface area contributed by atoms with Gasteiger partial charge in [0.05, 0.1) is 11.0 Å². The zero-order valence-electron chi connectivity index (χ0n) is 21.0. The summed E-state index contributed by atoms with van der Waals surface area (Å²) in [6.45, 7) is 4.84. The second kappa shape index (κ2) is 11.6. The Kier molecular flexibility index (Phi) is 8.07. The first-order valence-electron chi connectivity index (χ1n) is 12.5. The number of benzene rings is 2. The Hall–Kier alpha value is -4.34. The number of aryl methyl sites for hydroxylation is 2. The highest BCUT2D eigenvalue weighted by Crippen LogP contribution is 2.23. The van der Waals surface area contributed by atoms with E-state index < -0.39 is 23.7 Å². The van der Waals surface area contributed by atoms with E-state index in [0.717, 1.165) is 23.0 Å². The van der Waals surface area contributed by atoms with Crippen molar-refractivity contribution in [2.24, 2.45) is 0 Å². The molecule has 2 aliphatic heterocycles. The van der Waals surface area contributed by atoms with Crippen molar-refractivity contribution in [1.82, 2.24) is 29.7 Å². The highest BCUT2D eigenvalue weighted by Gasteiger charge is 2.23. The number of carbonyl (C=O) groups is 2. The van der Waals surface area contributed by atoms with Crippen molar-refractivity contribution in [3.05, 3.63) is 80.5 Å². The molecule has 0 aliphatic carbocycles. The minimum atomic E-state index is -0.811. The van der Waals surface area contributed by atoms with Gasteiger partial charge in [-0.1, -0.05) is 44.2 Å². The number of fused-ring (bicyclic) bond motifs is 2. The van der Waals surface area contributed by atoms with Crippen LogP contribution in [0, 0.1) is 0 Å². The summed E-state index contributed by atoms with van der Waals surface area (Å²) >= 11 is 0. The number of aromatic nitrogens is 4. The van der Waals surface area contributed by atoms with E-state index in [1.54, 1.807) is 22.8 Å². The van der Waals surface area contributed by atoms with E-state index in [2.05, 4.69) is 20.6 Å². The van der Waals surface area contributed by atoms with Crippen LogP contribution in [0.1, 0.15) is 42.6 Å². The van der Waals surface area contributed by atoms with Crippen LogP contribution in [-0.4, -0.2) is 44.0 Å². The van der Waals surface area contributed by atoms with Crippen molar-refractivity contribution in [3.8, 4) is 11.5 Å². The van der Waals surface area contributed by atoms with Crippen molar-refractivity contribution in [2.45, 2.75) is 46.2 Å². The molecular formula is C27H30N6O4. The van der Waals surface area contributed by atoms with Crippen molar-refractivity contribution in [1.29, 1.82) is 0 Å². The molecule has 0 atom stereocenters. The Bertz CT molecular complexity index is 1510. The standard InChI is InChI=1S/C27H30N6O4/c1-3-13-28-22(34)17-33-26(36)23-24(31-27(33)37)32(15-12-18-8-6-5-7-9-18)21-11-10-19(16-20(21)30-23)25(35)29-14-4-2/h5-11,16H,3-4,12-15,17H2,1-2H3,(H,28,34)(H,29,35). The Balaban J connectivity index is 1.86. The fourth-order valence-electron chi connectivity index (χ4n) is 4.07. The molecule has 0 bridgehead atoms. The van der Waals surface area contributed by atoms with Crippen molar-refractivity contribution >= 4 is 22.8 Å². The van der Waals surface area contributed by atoms with Gasteiger partial charge < -0.3 is 15.2 Å². The van der Waals surface area contributed by atoms with Gasteiger partial charge in [-0.05, 0) is 43.0 Å². The van der Waals surface area contributed by atoms with Crippen LogP contribution in [0.25, 0.3) is 22.6 Å². The summed E-state index contributed by atoms with van der Waals surface area (Å²) in [4.78, 5) is 59.7. The number of hydrogen-bond acceptors (Lipinski definition) is 6. The molecule has 0 radical (unpaired) electrons. The zero-order chi connectivity index (χ0) is 26.4. The predicted octanol–water partition coefficient (Wildman–Crippen LogP) is 1.97. The maximum atomic E-state index is 13.4. The smallest absolute Gasteiger partial charge is 0.353 e. The van der Waals surface area contributed by atoms with Crippen LogP contribution in [0.3, 0.4) is 0 Å². The summed E-state index contributed by atoms with van der Waals surface area (Å²) in [5.74, 6) is -0.541. The molecule has 10 nitrogen and oxygen atoms in total. The van der Waals surface area contributed by atoms with Crippen molar-refractivity contribution < 1.29 is 9.59 Å². The van der Waals surface area contributed by atoms with Gasteiger partial charge in [0.15, 0.2) is 11.5 Å². The molecule has 0 saturated heterocycles. The maximum absolute atomic E-state index is 13.4. The van der Waals surface area contributed by atoms with Gasteiger partial charge in [0.2, 0.25) is 5.91 Å². The van der Waals surface area contributed by atoms with Gasteiger partial charge in [-0.2, -0.15) is 4.98 Å². The summed E-state index contributed by atoms with van der Waals surface area (Å²) in [5, 5.41) is 5.50. The number of amides is 2. The summed E-state index contributed by atoms with van der Waals surface area (Å²) < 4.78 is 2.58. The number of carbonyl (C=O) groups excluding carboxylic acids is 2. The van der Waals surface area contributed by atoms with E-state index in [9.17, 15) is 19.2 Å². The van der Waals surface area contributed by atoms with Crippen LogP contribution in [0.5, 0.6) is 0 Å². The summed E-state index contributed by atoms with van der Waals surface area (Å²) in [5.41, 5.74) is 1.01. The van der Waals surface area contributed by atoms with Crippen molar-refractivity contribution in [2.75, 3.05) is 13.1 Å². The third-order valence-corrected chi connectivity index (χ3v) is 5.98. The van der Waals surface area contributed by atoms with E-state index in [1.165, 1.54) is 0 Å². The first kappa shape index (κ1) is 25.7. The molecule has 2 aliphatic rings. The van der Waals surface area contributed by atoms with Crippen LogP contribution in [-0.2, 0) is 24.3 Å². The molecule has 10 heteroatoms. The lowest BCUT2D eigenvalue weighted by molar-refractivity contribution is -0.121. The average Bonchev–Trinajstić information content (AvgIpc) is 2.91. The van der Waals surface area contributed by atoms with Gasteiger partial charge in [0.1, 0.15) is 6.54 Å². The normalized spacial score (nSPS) is 11.1. The third-order valence-electron chi connectivity index (χ3n) is 5.98. The van der Waals surface area contributed by atoms with Crippen LogP contribution in [0.15, 0.2) is 58.1 Å². The fraction of sp³-hybridized carbons (Fsp3) is 0.333. The SMILES string of the molecule is CCCNC(=O)Cn1c(=O)nc2n(CCc3ccccc3)c3ccc(C(=O)NCCC)cc3nc-2c1=O. The highest BCUT2D eigenvalue weighted by molar-refractivity contribution is 5.97. The van der Waals surface area contributed by atoms with E-state index in [1.807, 2.05) is 44.2 Å². The monoisotopic (exact) mass is 502 g/mol. The molecule has 0 aromatic heterocycles. The van der Waals surface area contributed by atoms with Crippen molar-refractivity contribution in [3.63, 3.8) is 0 Å². The van der Waals surface area contributed by atoms with Crippen LogP contribution in [0.4, 0.5) is 0 Å². The molecule has 4 rings (SSSR count). The molecule has 37 heavy (non-hydrogen) atoms. The lowest BCUT2D eigenvalue weighted by Gasteiger charge is -2.18.